The van der Waals surface area contributed by atoms with Gasteiger partial charge in [-0.05, 0) is 23.8 Å². The molecular formula is C18H16N2O4. The molecule has 2 aromatic carbocycles. The molecule has 0 unspecified atom stereocenters. The number of phenolic OH excluding ortho intramolecular Hbond substituents is 1. The average molecular weight is 324 g/mol. The van der Waals surface area contributed by atoms with Crippen LogP contribution in [0.2, 0.25) is 0 Å². The number of nitrogens with zero attached hydrogens (tertiary/aromatic N) is 1. The molecule has 0 fully saturated rings. The van der Waals surface area contributed by atoms with Crippen LogP contribution in [0.5, 0.6) is 17.4 Å². The maximum absolute atomic E-state index is 11.8. The number of methoxy groups -OCH3 is 1. The number of nitrogens with one attached hydrogen (secondary N) is 1. The predicted octanol–water partition coefficient (Wildman–Crippen LogP) is 2.57. The Bertz CT molecular complexity index is 976. The van der Waals surface area contributed by atoms with Gasteiger partial charge in [0.25, 0.3) is 5.56 Å². The number of aromatic hydroxyl groups is 2. The third-order valence-electron chi connectivity index (χ3n) is 3.69. The van der Waals surface area contributed by atoms with Crippen LogP contribution in [0.1, 0.15) is 11.1 Å². The molecule has 0 spiro atoms. The van der Waals surface area contributed by atoms with Gasteiger partial charge in [-0.1, -0.05) is 24.3 Å². The fourth-order valence-electron chi connectivity index (χ4n) is 2.49. The smallest absolute Gasteiger partial charge is 0.258 e. The largest absolute Gasteiger partial charge is 0.504 e. The molecule has 0 aliphatic rings. The van der Waals surface area contributed by atoms with Gasteiger partial charge in [0.15, 0.2) is 11.5 Å². The molecule has 1 aromatic heterocycles. The molecule has 3 rings (SSSR count). The molecule has 6 heteroatoms. The lowest BCUT2D eigenvalue weighted by molar-refractivity contribution is 0.373. The third kappa shape index (κ3) is 2.94. The van der Waals surface area contributed by atoms with Gasteiger partial charge in [0.2, 0.25) is 5.88 Å². The highest BCUT2D eigenvalue weighted by molar-refractivity contribution is 6.01. The summed E-state index contributed by atoms with van der Waals surface area (Å²) in [6.07, 6.45) is 1.51. The Kier molecular flexibility index (Phi) is 4.20. The number of hydrogen-bond acceptors (Lipinski definition) is 5. The summed E-state index contributed by atoms with van der Waals surface area (Å²) in [7, 11) is 1.48. The Balaban J connectivity index is 1.91. The van der Waals surface area contributed by atoms with Gasteiger partial charge in [-0.3, -0.25) is 14.8 Å². The molecule has 0 radical (unpaired) electrons. The number of pyridine rings is 1. The lowest BCUT2D eigenvalue weighted by atomic mass is 10.1. The van der Waals surface area contributed by atoms with E-state index in [1.165, 1.54) is 13.3 Å². The van der Waals surface area contributed by atoms with Gasteiger partial charge in [0.05, 0.1) is 19.2 Å². The molecule has 0 atom stereocenters. The van der Waals surface area contributed by atoms with Crippen molar-refractivity contribution < 1.29 is 14.9 Å². The monoisotopic (exact) mass is 324 g/mol. The first-order valence-electron chi connectivity index (χ1n) is 7.30. The summed E-state index contributed by atoms with van der Waals surface area (Å²) in [4.78, 5) is 18.5. The van der Waals surface area contributed by atoms with Gasteiger partial charge in [-0.15, -0.1) is 0 Å². The van der Waals surface area contributed by atoms with Crippen LogP contribution in [0.4, 0.5) is 0 Å². The lowest BCUT2D eigenvalue weighted by Crippen LogP contribution is -2.07. The van der Waals surface area contributed by atoms with Gasteiger partial charge in [-0.2, -0.15) is 0 Å². The van der Waals surface area contributed by atoms with Gasteiger partial charge in [-0.25, -0.2) is 0 Å². The molecule has 3 aromatic rings. The Hall–Kier alpha value is -3.28. The van der Waals surface area contributed by atoms with Gasteiger partial charge >= 0.3 is 0 Å². The quantitative estimate of drug-likeness (QED) is 0.643. The third-order valence-corrected chi connectivity index (χ3v) is 3.69. The number of aromatic amines is 1. The standard InChI is InChI=1S/C18H16N2O4/c1-24-16-7-6-11(8-15(16)21)9-19-10-14-12-4-2-3-5-13(12)17(22)20-18(14)23/h2-8,10,21H,9H2,1H3,(H2,20,22,23). The zero-order chi connectivity index (χ0) is 17.1. The summed E-state index contributed by atoms with van der Waals surface area (Å²) < 4.78 is 4.99. The summed E-state index contributed by atoms with van der Waals surface area (Å²) in [6.45, 7) is 0.310. The minimum absolute atomic E-state index is 0.0440. The van der Waals surface area contributed by atoms with Crippen molar-refractivity contribution in [1.82, 2.24) is 4.98 Å². The molecule has 3 N–H and O–H groups in total. The van der Waals surface area contributed by atoms with Crippen LogP contribution >= 0.6 is 0 Å². The average Bonchev–Trinajstić information content (AvgIpc) is 2.58. The van der Waals surface area contributed by atoms with E-state index in [1.54, 1.807) is 42.5 Å². The van der Waals surface area contributed by atoms with E-state index in [0.29, 0.717) is 28.6 Å². The predicted molar refractivity (Wildman–Crippen MR) is 92.2 cm³/mol. The number of hydrogen-bond donors (Lipinski definition) is 3. The van der Waals surface area contributed by atoms with Crippen molar-refractivity contribution in [3.05, 3.63) is 63.9 Å². The van der Waals surface area contributed by atoms with Gasteiger partial charge in [0, 0.05) is 17.0 Å². The molecule has 24 heavy (non-hydrogen) atoms. The highest BCUT2D eigenvalue weighted by Gasteiger charge is 2.08. The summed E-state index contributed by atoms with van der Waals surface area (Å²) in [6, 6.07) is 12.0. The number of rotatable bonds is 4. The van der Waals surface area contributed by atoms with Crippen molar-refractivity contribution in [2.75, 3.05) is 7.11 Å². The van der Waals surface area contributed by atoms with Crippen LogP contribution in [-0.2, 0) is 6.54 Å². The van der Waals surface area contributed by atoms with Crippen molar-refractivity contribution >= 4 is 17.0 Å². The maximum atomic E-state index is 11.8. The number of aliphatic imine (C=N–C) groups is 1. The van der Waals surface area contributed by atoms with Crippen LogP contribution < -0.4 is 10.3 Å². The van der Waals surface area contributed by atoms with Crippen LogP contribution in [0, 0.1) is 0 Å². The van der Waals surface area contributed by atoms with E-state index in [1.807, 2.05) is 0 Å². The molecule has 0 amide bonds. The molecule has 0 bridgehead atoms. The number of H-pyrrole nitrogens is 1. The van der Waals surface area contributed by atoms with E-state index in [-0.39, 0.29) is 17.2 Å². The second-order valence-electron chi connectivity index (χ2n) is 5.24. The van der Waals surface area contributed by atoms with Crippen LogP contribution in [0.25, 0.3) is 10.8 Å². The maximum Gasteiger partial charge on any atom is 0.258 e. The second kappa shape index (κ2) is 6.45. The fourth-order valence-corrected chi connectivity index (χ4v) is 2.49. The summed E-state index contributed by atoms with van der Waals surface area (Å²) >= 11 is 0. The summed E-state index contributed by atoms with van der Waals surface area (Å²) in [5, 5.41) is 20.9. The Morgan fingerprint density at radius 1 is 1.17 bits per heavy atom. The topological polar surface area (TPSA) is 94.9 Å². The minimum atomic E-state index is -0.347. The second-order valence-corrected chi connectivity index (χ2v) is 5.24. The molecule has 0 aliphatic heterocycles. The zero-order valence-corrected chi connectivity index (χ0v) is 13.0. The molecule has 1 heterocycles. The van der Waals surface area contributed by atoms with Gasteiger partial charge < -0.3 is 14.9 Å². The summed E-state index contributed by atoms with van der Waals surface area (Å²) in [5.41, 5.74) is 0.890. The van der Waals surface area contributed by atoms with Crippen molar-refractivity contribution in [1.29, 1.82) is 0 Å². The first-order valence-corrected chi connectivity index (χ1v) is 7.30. The Morgan fingerprint density at radius 3 is 2.62 bits per heavy atom. The van der Waals surface area contributed by atoms with E-state index in [2.05, 4.69) is 9.98 Å². The zero-order valence-electron chi connectivity index (χ0n) is 13.0. The first kappa shape index (κ1) is 15.6. The van der Waals surface area contributed by atoms with E-state index in [4.69, 9.17) is 4.74 Å². The Morgan fingerprint density at radius 2 is 1.92 bits per heavy atom. The van der Waals surface area contributed by atoms with Crippen molar-refractivity contribution in [2.24, 2.45) is 4.99 Å². The highest BCUT2D eigenvalue weighted by atomic mass is 16.5. The number of ether oxygens (including phenoxy) is 1. The molecule has 122 valence electrons. The number of aromatic nitrogens is 1. The van der Waals surface area contributed by atoms with Crippen LogP contribution in [0.15, 0.2) is 52.3 Å². The van der Waals surface area contributed by atoms with Gasteiger partial charge in [0.1, 0.15) is 0 Å². The summed E-state index contributed by atoms with van der Waals surface area (Å²) in [5.74, 6) is 0.217. The molecule has 6 nitrogen and oxygen atoms in total. The minimum Gasteiger partial charge on any atom is -0.504 e. The van der Waals surface area contributed by atoms with E-state index in [9.17, 15) is 15.0 Å². The molecule has 0 saturated heterocycles. The van der Waals surface area contributed by atoms with E-state index in [0.717, 1.165) is 5.56 Å². The van der Waals surface area contributed by atoms with Crippen molar-refractivity contribution in [2.45, 2.75) is 6.54 Å². The molecule has 0 aliphatic carbocycles. The van der Waals surface area contributed by atoms with E-state index < -0.39 is 0 Å². The molecular weight excluding hydrogens is 308 g/mol. The van der Waals surface area contributed by atoms with Crippen molar-refractivity contribution in [3.8, 4) is 17.4 Å². The number of phenols is 1. The van der Waals surface area contributed by atoms with E-state index >= 15 is 0 Å². The lowest BCUT2D eigenvalue weighted by Gasteiger charge is -2.05. The number of fused-ring (bicyclic) bond motifs is 1. The normalized spacial score (nSPS) is 11.2. The first-order chi connectivity index (χ1) is 11.6. The highest BCUT2D eigenvalue weighted by Crippen LogP contribution is 2.26. The van der Waals surface area contributed by atoms with Crippen molar-refractivity contribution in [3.63, 3.8) is 0 Å². The van der Waals surface area contributed by atoms with Crippen LogP contribution in [0.3, 0.4) is 0 Å². The number of benzene rings is 2. The fraction of sp³-hybridized carbons (Fsp3) is 0.111. The molecule has 0 saturated carbocycles. The van der Waals surface area contributed by atoms with Crippen LogP contribution in [-0.4, -0.2) is 28.5 Å². The Labute approximate surface area is 137 Å². The SMILES string of the molecule is COc1ccc(CN=Cc2c(O)[nH]c(=O)c3ccccc23)cc1O.